The van der Waals surface area contributed by atoms with Gasteiger partial charge in [-0.25, -0.2) is 0 Å². The normalized spacial score (nSPS) is 18.1. The molecule has 0 fully saturated rings. The van der Waals surface area contributed by atoms with Crippen LogP contribution in [0.2, 0.25) is 0 Å². The number of carbonyl (C=O) groups excluding carboxylic acids is 3. The van der Waals surface area contributed by atoms with Crippen LogP contribution in [0.5, 0.6) is 0 Å². The fraction of sp³-hybridized carbons (Fsp3) is 0.769. The first-order chi connectivity index (χ1) is 11.2. The SMILES string of the molecule is [2H]CO[C@@H]([C@H](OC[2H])C([2H])OC(C)=O)[C@@H](COC(C)=O)OC(C)=O. The minimum absolute atomic E-state index is 0.412. The highest BCUT2D eigenvalue weighted by Crippen LogP contribution is 2.13. The topological polar surface area (TPSA) is 97.4 Å². The standard InChI is InChI=1S/C13H22O8/c1-8(14)19-6-11(17-4)13(18-5)12(21-10(3)16)7-20-9(2)15/h11-13H,6-7H2,1-5H3/t11-,12-,13+/m1/s1/i4D,5D,6D/t6?,11-,12-,13+. The quantitative estimate of drug-likeness (QED) is 0.436. The van der Waals surface area contributed by atoms with Gasteiger partial charge in [-0.1, -0.05) is 0 Å². The first-order valence-corrected chi connectivity index (χ1v) is 5.94. The Morgan fingerprint density at radius 2 is 1.57 bits per heavy atom. The Kier molecular flexibility index (Phi) is 6.88. The van der Waals surface area contributed by atoms with Crippen molar-refractivity contribution in [2.24, 2.45) is 0 Å². The fourth-order valence-corrected chi connectivity index (χ4v) is 1.40. The molecule has 0 aromatic rings. The van der Waals surface area contributed by atoms with E-state index in [4.69, 9.17) is 27.8 Å². The molecule has 1 unspecified atom stereocenters. The predicted octanol–water partition coefficient (Wildman–Crippen LogP) is 0.0743. The highest BCUT2D eigenvalue weighted by Gasteiger charge is 2.34. The largest absolute Gasteiger partial charge is 0.463 e. The lowest BCUT2D eigenvalue weighted by Gasteiger charge is -2.30. The molecule has 0 N–H and O–H groups in total. The summed E-state index contributed by atoms with van der Waals surface area (Å²) in [5.74, 6) is -2.12. The van der Waals surface area contributed by atoms with E-state index in [-0.39, 0.29) is 0 Å². The molecule has 0 aromatic carbocycles. The van der Waals surface area contributed by atoms with Crippen LogP contribution in [0.4, 0.5) is 0 Å². The summed E-state index contributed by atoms with van der Waals surface area (Å²) in [5.41, 5.74) is 0. The molecule has 0 aromatic heterocycles. The number of rotatable bonds is 9. The molecule has 0 rings (SSSR count). The van der Waals surface area contributed by atoms with Crippen molar-refractivity contribution >= 4 is 17.9 Å². The second kappa shape index (κ2) is 10.1. The van der Waals surface area contributed by atoms with Crippen molar-refractivity contribution in [1.29, 1.82) is 0 Å². The molecular weight excluding hydrogens is 284 g/mol. The van der Waals surface area contributed by atoms with Crippen LogP contribution in [0.1, 0.15) is 24.9 Å². The average molecular weight is 309 g/mol. The van der Waals surface area contributed by atoms with E-state index < -0.39 is 63.6 Å². The third-order valence-electron chi connectivity index (χ3n) is 2.21. The van der Waals surface area contributed by atoms with Gasteiger partial charge in [-0.2, -0.15) is 0 Å². The van der Waals surface area contributed by atoms with E-state index in [1.54, 1.807) is 0 Å². The Morgan fingerprint density at radius 1 is 0.952 bits per heavy atom. The van der Waals surface area contributed by atoms with Crippen LogP contribution in [0, 0.1) is 0 Å². The molecule has 0 aliphatic heterocycles. The molecular formula is C13H22O8. The van der Waals surface area contributed by atoms with Gasteiger partial charge in [0.1, 0.15) is 25.4 Å². The molecule has 0 bridgehead atoms. The van der Waals surface area contributed by atoms with E-state index in [9.17, 15) is 14.4 Å². The molecule has 0 saturated heterocycles. The first-order valence-electron chi connectivity index (χ1n) is 7.93. The molecule has 8 nitrogen and oxygen atoms in total. The van der Waals surface area contributed by atoms with Crippen LogP contribution < -0.4 is 0 Å². The van der Waals surface area contributed by atoms with Crippen LogP contribution in [-0.2, 0) is 38.1 Å². The van der Waals surface area contributed by atoms with Crippen molar-refractivity contribution in [3.63, 3.8) is 0 Å². The van der Waals surface area contributed by atoms with E-state index in [0.29, 0.717) is 0 Å². The molecule has 0 heterocycles. The van der Waals surface area contributed by atoms with Crippen molar-refractivity contribution < 1.29 is 42.2 Å². The molecule has 4 atom stereocenters. The van der Waals surface area contributed by atoms with Gasteiger partial charge >= 0.3 is 17.9 Å². The molecule has 0 radical (unpaired) electrons. The lowest BCUT2D eigenvalue weighted by molar-refractivity contribution is -0.179. The maximum absolute atomic E-state index is 11.3. The Morgan fingerprint density at radius 3 is 2.05 bits per heavy atom. The Bertz CT molecular complexity index is 420. The molecule has 21 heavy (non-hydrogen) atoms. The van der Waals surface area contributed by atoms with Crippen LogP contribution >= 0.6 is 0 Å². The Balaban J connectivity index is 5.42. The average Bonchev–Trinajstić information content (AvgIpc) is 2.46. The van der Waals surface area contributed by atoms with Gasteiger partial charge in [0.05, 0.1) is 4.11 Å². The molecule has 0 spiro atoms. The van der Waals surface area contributed by atoms with Crippen molar-refractivity contribution in [3.8, 4) is 0 Å². The summed E-state index contributed by atoms with van der Waals surface area (Å²) in [4.78, 5) is 33.3. The van der Waals surface area contributed by atoms with Gasteiger partial charge in [0, 0.05) is 34.9 Å². The lowest BCUT2D eigenvalue weighted by Crippen LogP contribution is -2.47. The highest BCUT2D eigenvalue weighted by molar-refractivity contribution is 5.67. The van der Waals surface area contributed by atoms with Gasteiger partial charge in [0.15, 0.2) is 6.10 Å². The van der Waals surface area contributed by atoms with E-state index in [2.05, 4.69) is 0 Å². The van der Waals surface area contributed by atoms with Crippen LogP contribution in [0.25, 0.3) is 0 Å². The monoisotopic (exact) mass is 309 g/mol. The number of ether oxygens (including phenoxy) is 5. The number of esters is 3. The molecule has 0 saturated carbocycles. The molecule has 122 valence electrons. The number of methoxy groups -OCH3 is 2. The second-order valence-electron chi connectivity index (χ2n) is 3.96. The van der Waals surface area contributed by atoms with Crippen molar-refractivity contribution in [2.75, 3.05) is 27.4 Å². The summed E-state index contributed by atoms with van der Waals surface area (Å²) in [7, 11) is -1.19. The molecule has 0 aliphatic carbocycles. The van der Waals surface area contributed by atoms with E-state index in [1.165, 1.54) is 0 Å². The van der Waals surface area contributed by atoms with E-state index in [0.717, 1.165) is 20.8 Å². The third-order valence-corrected chi connectivity index (χ3v) is 2.21. The zero-order valence-corrected chi connectivity index (χ0v) is 12.2. The van der Waals surface area contributed by atoms with E-state index in [1.807, 2.05) is 0 Å². The lowest BCUT2D eigenvalue weighted by atomic mass is 10.1. The third kappa shape index (κ3) is 8.26. The second-order valence-corrected chi connectivity index (χ2v) is 3.96. The summed E-state index contributed by atoms with van der Waals surface area (Å²) in [6, 6.07) is 0. The zero-order valence-electron chi connectivity index (χ0n) is 15.2. The summed E-state index contributed by atoms with van der Waals surface area (Å²) < 4.78 is 46.8. The predicted molar refractivity (Wildman–Crippen MR) is 70.4 cm³/mol. The van der Waals surface area contributed by atoms with Gasteiger partial charge < -0.3 is 23.7 Å². The maximum Gasteiger partial charge on any atom is 0.303 e. The summed E-state index contributed by atoms with van der Waals surface area (Å²) in [5, 5.41) is 0. The van der Waals surface area contributed by atoms with Crippen molar-refractivity contribution in [2.45, 2.75) is 39.1 Å². The molecule has 0 aliphatic rings. The number of hydrogen-bond donors (Lipinski definition) is 0. The molecule has 0 amide bonds. The van der Waals surface area contributed by atoms with Gasteiger partial charge in [0.2, 0.25) is 0 Å². The smallest absolute Gasteiger partial charge is 0.303 e. The first kappa shape index (κ1) is 14.3. The van der Waals surface area contributed by atoms with E-state index >= 15 is 0 Å². The van der Waals surface area contributed by atoms with Gasteiger partial charge in [0.25, 0.3) is 0 Å². The van der Waals surface area contributed by atoms with Gasteiger partial charge in [-0.05, 0) is 0 Å². The fourth-order valence-electron chi connectivity index (χ4n) is 1.40. The number of carbonyl (C=O) groups is 3. The van der Waals surface area contributed by atoms with Crippen molar-refractivity contribution in [3.05, 3.63) is 0 Å². The minimum atomic E-state index is -1.60. The maximum atomic E-state index is 11.3. The summed E-state index contributed by atoms with van der Waals surface area (Å²) in [6.45, 7) is 1.34. The van der Waals surface area contributed by atoms with Gasteiger partial charge in [-0.15, -0.1) is 0 Å². The van der Waals surface area contributed by atoms with Gasteiger partial charge in [-0.3, -0.25) is 14.4 Å². The van der Waals surface area contributed by atoms with Crippen LogP contribution in [0.15, 0.2) is 0 Å². The zero-order chi connectivity index (χ0) is 18.7. The van der Waals surface area contributed by atoms with Crippen LogP contribution in [0.3, 0.4) is 0 Å². The summed E-state index contributed by atoms with van der Waals surface area (Å²) in [6.07, 6.45) is -3.81. The summed E-state index contributed by atoms with van der Waals surface area (Å²) >= 11 is 0. The molecule has 8 heteroatoms. The minimum Gasteiger partial charge on any atom is -0.463 e. The van der Waals surface area contributed by atoms with Crippen molar-refractivity contribution in [1.82, 2.24) is 0 Å². The number of hydrogen-bond acceptors (Lipinski definition) is 8. The highest BCUT2D eigenvalue weighted by atomic mass is 16.6. The Labute approximate surface area is 127 Å². The Hall–Kier alpha value is -1.67. The van der Waals surface area contributed by atoms with Crippen LogP contribution in [-0.4, -0.2) is 63.6 Å².